The molecule has 0 aliphatic carbocycles. The van der Waals surface area contributed by atoms with Gasteiger partial charge in [-0.05, 0) is 24.6 Å². The number of likely N-dealkylation sites (N-methyl/N-ethyl adjacent to an activating group) is 1. The van der Waals surface area contributed by atoms with E-state index < -0.39 is 0 Å². The Morgan fingerprint density at radius 1 is 1.33 bits per heavy atom. The molecule has 0 spiro atoms. The molecule has 0 amide bonds. The lowest BCUT2D eigenvalue weighted by atomic mass is 9.85. The van der Waals surface area contributed by atoms with Crippen LogP contribution in [0, 0.1) is 5.92 Å². The predicted molar refractivity (Wildman–Crippen MR) is 70.3 cm³/mol. The zero-order chi connectivity index (χ0) is 11.3. The van der Waals surface area contributed by atoms with E-state index in [4.69, 9.17) is 0 Å². The van der Waals surface area contributed by atoms with E-state index >= 15 is 0 Å². The molecule has 1 rings (SSSR count). The molecule has 0 saturated heterocycles. The van der Waals surface area contributed by atoms with E-state index in [9.17, 15) is 0 Å². The number of benzene rings is 1. The SMILES string of the molecule is CCC(C)C(CNC)c1ccccc1Br. The van der Waals surface area contributed by atoms with Gasteiger partial charge in [-0.2, -0.15) is 0 Å². The molecule has 1 nitrogen and oxygen atoms in total. The molecule has 0 radical (unpaired) electrons. The Hall–Kier alpha value is -0.340. The zero-order valence-corrected chi connectivity index (χ0v) is 11.3. The van der Waals surface area contributed by atoms with Gasteiger partial charge in [0.05, 0.1) is 0 Å². The third-order valence-electron chi connectivity index (χ3n) is 3.06. The molecule has 0 heterocycles. The monoisotopic (exact) mass is 269 g/mol. The molecule has 1 N–H and O–H groups in total. The standard InChI is InChI=1S/C13H20BrN/c1-4-10(2)12(9-15-3)11-7-5-6-8-13(11)14/h5-8,10,12,15H,4,9H2,1-3H3. The summed E-state index contributed by atoms with van der Waals surface area (Å²) < 4.78 is 1.23. The van der Waals surface area contributed by atoms with Crippen LogP contribution in [0.15, 0.2) is 28.7 Å². The van der Waals surface area contributed by atoms with Crippen molar-refractivity contribution >= 4 is 15.9 Å². The fourth-order valence-corrected chi connectivity index (χ4v) is 2.48. The summed E-state index contributed by atoms with van der Waals surface area (Å²) in [5.41, 5.74) is 1.42. The van der Waals surface area contributed by atoms with E-state index in [2.05, 4.69) is 59.4 Å². The first kappa shape index (κ1) is 12.7. The molecule has 0 aromatic heterocycles. The molecule has 1 aromatic rings. The van der Waals surface area contributed by atoms with Crippen LogP contribution in [0.4, 0.5) is 0 Å². The zero-order valence-electron chi connectivity index (χ0n) is 9.76. The minimum Gasteiger partial charge on any atom is -0.319 e. The van der Waals surface area contributed by atoms with Crippen LogP contribution in [0.25, 0.3) is 0 Å². The van der Waals surface area contributed by atoms with E-state index in [1.54, 1.807) is 0 Å². The fraction of sp³-hybridized carbons (Fsp3) is 0.538. The summed E-state index contributed by atoms with van der Waals surface area (Å²) >= 11 is 3.64. The Morgan fingerprint density at radius 2 is 2.00 bits per heavy atom. The van der Waals surface area contributed by atoms with Gasteiger partial charge in [0.25, 0.3) is 0 Å². The second-order valence-electron chi connectivity index (χ2n) is 4.07. The second-order valence-corrected chi connectivity index (χ2v) is 4.93. The van der Waals surface area contributed by atoms with Gasteiger partial charge in [-0.1, -0.05) is 54.4 Å². The van der Waals surface area contributed by atoms with Crippen LogP contribution in [0.5, 0.6) is 0 Å². The maximum atomic E-state index is 3.64. The van der Waals surface area contributed by atoms with Crippen molar-refractivity contribution in [2.24, 2.45) is 5.92 Å². The van der Waals surface area contributed by atoms with Gasteiger partial charge < -0.3 is 5.32 Å². The van der Waals surface area contributed by atoms with Gasteiger partial charge in [-0.3, -0.25) is 0 Å². The number of nitrogens with one attached hydrogen (secondary N) is 1. The number of hydrogen-bond donors (Lipinski definition) is 1. The smallest absolute Gasteiger partial charge is 0.0210 e. The Balaban J connectivity index is 2.93. The van der Waals surface area contributed by atoms with Gasteiger partial charge in [0.15, 0.2) is 0 Å². The van der Waals surface area contributed by atoms with Crippen molar-refractivity contribution in [2.75, 3.05) is 13.6 Å². The van der Waals surface area contributed by atoms with E-state index in [0.29, 0.717) is 11.8 Å². The molecule has 1 aromatic carbocycles. The highest BCUT2D eigenvalue weighted by atomic mass is 79.9. The van der Waals surface area contributed by atoms with Crippen molar-refractivity contribution in [1.82, 2.24) is 5.32 Å². The first-order valence-corrected chi connectivity index (χ1v) is 6.39. The second kappa shape index (κ2) is 6.29. The van der Waals surface area contributed by atoms with Gasteiger partial charge in [0, 0.05) is 16.9 Å². The molecular weight excluding hydrogens is 250 g/mol. The Morgan fingerprint density at radius 3 is 2.53 bits per heavy atom. The van der Waals surface area contributed by atoms with Crippen molar-refractivity contribution in [3.05, 3.63) is 34.3 Å². The van der Waals surface area contributed by atoms with E-state index in [0.717, 1.165) is 6.54 Å². The summed E-state index contributed by atoms with van der Waals surface area (Å²) in [6.45, 7) is 5.61. The Labute approximate surface area is 101 Å². The van der Waals surface area contributed by atoms with Crippen LogP contribution >= 0.6 is 15.9 Å². The molecule has 0 bridgehead atoms. The number of halogens is 1. The molecule has 84 valence electrons. The third kappa shape index (κ3) is 3.32. The van der Waals surface area contributed by atoms with Crippen molar-refractivity contribution in [1.29, 1.82) is 0 Å². The third-order valence-corrected chi connectivity index (χ3v) is 3.78. The average molecular weight is 270 g/mol. The van der Waals surface area contributed by atoms with Gasteiger partial charge in [-0.25, -0.2) is 0 Å². The molecule has 2 atom stereocenters. The summed E-state index contributed by atoms with van der Waals surface area (Å²) in [5.74, 6) is 1.30. The molecule has 15 heavy (non-hydrogen) atoms. The van der Waals surface area contributed by atoms with Gasteiger partial charge in [0.1, 0.15) is 0 Å². The molecule has 0 fully saturated rings. The summed E-state index contributed by atoms with van der Waals surface area (Å²) in [5, 5.41) is 3.29. The van der Waals surface area contributed by atoms with E-state index in [-0.39, 0.29) is 0 Å². The summed E-state index contributed by atoms with van der Waals surface area (Å²) in [6.07, 6.45) is 1.22. The minimum atomic E-state index is 0.593. The Kier molecular flexibility index (Phi) is 5.34. The van der Waals surface area contributed by atoms with Crippen molar-refractivity contribution < 1.29 is 0 Å². The highest BCUT2D eigenvalue weighted by Gasteiger charge is 2.18. The lowest BCUT2D eigenvalue weighted by Gasteiger charge is -2.24. The first-order chi connectivity index (χ1) is 7.20. The predicted octanol–water partition coefficient (Wildman–Crippen LogP) is 3.80. The average Bonchev–Trinajstić information content (AvgIpc) is 2.26. The van der Waals surface area contributed by atoms with Crippen LogP contribution in [0.3, 0.4) is 0 Å². The summed E-state index contributed by atoms with van der Waals surface area (Å²) in [7, 11) is 2.02. The van der Waals surface area contributed by atoms with Crippen LogP contribution in [0.2, 0.25) is 0 Å². The highest BCUT2D eigenvalue weighted by molar-refractivity contribution is 9.10. The fourth-order valence-electron chi connectivity index (χ4n) is 1.90. The van der Waals surface area contributed by atoms with Crippen LogP contribution in [-0.2, 0) is 0 Å². The number of hydrogen-bond acceptors (Lipinski definition) is 1. The van der Waals surface area contributed by atoms with E-state index in [1.165, 1.54) is 16.5 Å². The van der Waals surface area contributed by atoms with Crippen molar-refractivity contribution in [2.45, 2.75) is 26.2 Å². The van der Waals surface area contributed by atoms with Gasteiger partial charge >= 0.3 is 0 Å². The Bertz CT molecular complexity index is 298. The lowest BCUT2D eigenvalue weighted by molar-refractivity contribution is 0.430. The minimum absolute atomic E-state index is 0.593. The molecule has 0 aliphatic rings. The highest BCUT2D eigenvalue weighted by Crippen LogP contribution is 2.31. The molecule has 0 saturated carbocycles. The maximum absolute atomic E-state index is 3.64. The van der Waals surface area contributed by atoms with Crippen LogP contribution in [0.1, 0.15) is 31.7 Å². The quantitative estimate of drug-likeness (QED) is 0.858. The molecule has 0 aliphatic heterocycles. The van der Waals surface area contributed by atoms with Gasteiger partial charge in [-0.15, -0.1) is 0 Å². The molecule has 2 heteroatoms. The lowest BCUT2D eigenvalue weighted by Crippen LogP contribution is -2.22. The van der Waals surface area contributed by atoms with Crippen molar-refractivity contribution in [3.63, 3.8) is 0 Å². The van der Waals surface area contributed by atoms with Crippen molar-refractivity contribution in [3.8, 4) is 0 Å². The summed E-state index contributed by atoms with van der Waals surface area (Å²) in [4.78, 5) is 0. The molecule has 2 unspecified atom stereocenters. The maximum Gasteiger partial charge on any atom is 0.0210 e. The van der Waals surface area contributed by atoms with Crippen LogP contribution < -0.4 is 5.32 Å². The first-order valence-electron chi connectivity index (χ1n) is 5.59. The largest absolute Gasteiger partial charge is 0.319 e. The molecular formula is C13H20BrN. The number of rotatable bonds is 5. The van der Waals surface area contributed by atoms with Crippen LogP contribution in [-0.4, -0.2) is 13.6 Å². The normalized spacial score (nSPS) is 14.9. The topological polar surface area (TPSA) is 12.0 Å². The summed E-state index contributed by atoms with van der Waals surface area (Å²) in [6, 6.07) is 8.53. The van der Waals surface area contributed by atoms with E-state index in [1.807, 2.05) is 7.05 Å². The van der Waals surface area contributed by atoms with Gasteiger partial charge in [0.2, 0.25) is 0 Å².